The molecule has 3 amide bonds. The van der Waals surface area contributed by atoms with Crippen LogP contribution in [0.15, 0.2) is 71.9 Å². The fourth-order valence-corrected chi connectivity index (χ4v) is 7.82. The second-order valence-corrected chi connectivity index (χ2v) is 14.4. The Labute approximate surface area is 326 Å². The van der Waals surface area contributed by atoms with E-state index in [0.29, 0.717) is 57.3 Å². The van der Waals surface area contributed by atoms with Gasteiger partial charge in [0.2, 0.25) is 12.0 Å². The summed E-state index contributed by atoms with van der Waals surface area (Å²) >= 11 is 5.99. The molecule has 3 aromatic rings. The number of aliphatic carboxylic acids is 1. The van der Waals surface area contributed by atoms with Crippen molar-refractivity contribution >= 4 is 52.5 Å². The molecule has 0 bridgehead atoms. The predicted octanol–water partition coefficient (Wildman–Crippen LogP) is 3.27. The van der Waals surface area contributed by atoms with Crippen LogP contribution in [0.25, 0.3) is 5.57 Å². The van der Waals surface area contributed by atoms with Crippen molar-refractivity contribution in [3.05, 3.63) is 111 Å². The Bertz CT molecular complexity index is 2110. The zero-order chi connectivity index (χ0) is 40.1. The van der Waals surface area contributed by atoms with Crippen LogP contribution in [0, 0.1) is 5.82 Å². The second-order valence-electron chi connectivity index (χ2n) is 14.0. The number of aromatic carboxylic acids is 1. The first-order valence-electron chi connectivity index (χ1n) is 18.2. The van der Waals surface area contributed by atoms with E-state index in [9.17, 15) is 33.5 Å². The first-order chi connectivity index (χ1) is 26.8. The number of primary amides is 1. The van der Waals surface area contributed by atoms with Crippen LogP contribution < -0.4 is 16.8 Å². The molecule has 3 atom stereocenters. The maximum atomic E-state index is 14.9. The lowest BCUT2D eigenvalue weighted by Gasteiger charge is -2.47. The number of nitrogens with zero attached hydrogens (tertiary/aromatic N) is 3. The highest BCUT2D eigenvalue weighted by Gasteiger charge is 2.54. The molecule has 7 N–H and O–H groups in total. The summed E-state index contributed by atoms with van der Waals surface area (Å²) in [6.45, 7) is 1.69. The monoisotopic (exact) mass is 788 g/mol. The van der Waals surface area contributed by atoms with Crippen LogP contribution in [0.2, 0.25) is 5.02 Å². The van der Waals surface area contributed by atoms with Crippen LogP contribution in [-0.2, 0) is 36.0 Å². The SMILES string of the molecule is NC(=O)[C@]1(c2ccc(C(=O)O)cc2)c2cccc(C3=CCN(CC(=O)NCCCC[C@H](N)C(=O)O)CC3)c2CCN1C(=O)[C@H]1CC(c2cccc(Cl)c2F)=NO1. The van der Waals surface area contributed by atoms with E-state index in [-0.39, 0.29) is 52.8 Å². The van der Waals surface area contributed by atoms with Crippen molar-refractivity contribution in [2.75, 3.05) is 32.7 Å². The molecule has 3 aliphatic rings. The van der Waals surface area contributed by atoms with Gasteiger partial charge in [0, 0.05) is 38.2 Å². The number of oxime groups is 1. The van der Waals surface area contributed by atoms with Crippen LogP contribution in [0.5, 0.6) is 0 Å². The van der Waals surface area contributed by atoms with Crippen LogP contribution in [0.1, 0.15) is 70.3 Å². The van der Waals surface area contributed by atoms with Crippen molar-refractivity contribution in [2.24, 2.45) is 16.6 Å². The van der Waals surface area contributed by atoms with Crippen molar-refractivity contribution in [1.82, 2.24) is 15.1 Å². The number of benzene rings is 3. The van der Waals surface area contributed by atoms with Crippen molar-refractivity contribution in [3.63, 3.8) is 0 Å². The number of rotatable bonds is 14. The Kier molecular flexibility index (Phi) is 12.2. The Hall–Kier alpha value is -5.64. The van der Waals surface area contributed by atoms with Crippen LogP contribution in [-0.4, -0.2) is 100 Å². The first kappa shape index (κ1) is 40.0. The summed E-state index contributed by atoms with van der Waals surface area (Å²) in [7, 11) is 0. The number of fused-ring (bicyclic) bond motifs is 1. The zero-order valence-electron chi connectivity index (χ0n) is 30.4. The normalized spacial score (nSPS) is 19.9. The minimum Gasteiger partial charge on any atom is -0.480 e. The number of nitrogens with one attached hydrogen (secondary N) is 1. The number of nitrogens with two attached hydrogens (primary N) is 2. The fraction of sp³-hybridized carbons (Fsp3) is 0.350. The number of halogens is 2. The fourth-order valence-electron chi connectivity index (χ4n) is 7.65. The lowest BCUT2D eigenvalue weighted by atomic mass is 9.72. The highest BCUT2D eigenvalue weighted by molar-refractivity contribution is 6.31. The minimum absolute atomic E-state index is 0.0252. The van der Waals surface area contributed by atoms with Crippen molar-refractivity contribution in [2.45, 2.75) is 56.2 Å². The summed E-state index contributed by atoms with van der Waals surface area (Å²) in [6.07, 6.45) is 3.16. The van der Waals surface area contributed by atoms with Crippen LogP contribution in [0.4, 0.5) is 4.39 Å². The molecule has 0 saturated heterocycles. The lowest BCUT2D eigenvalue weighted by Crippen LogP contribution is -2.62. The standard InChI is InChI=1S/C40H42ClFN6O8/c41-30-8-4-6-28(35(30)42)32-21-33(56-46-32)36(50)48-20-16-27-26(5-3-7-29(27)40(48,39(44)55)25-12-10-24(11-13-25)37(51)52)23-14-18-47(19-15-23)22-34(49)45-17-2-1-9-31(43)38(53)54/h3-8,10-14,31,33H,1-2,9,15-22,43H2,(H2,44,55)(H,45,49)(H,51,52)(H,53,54)/t31-,33+,40-/m0/s1. The lowest BCUT2D eigenvalue weighted by molar-refractivity contribution is -0.153. The van der Waals surface area contributed by atoms with E-state index < -0.39 is 47.3 Å². The molecule has 3 aliphatic heterocycles. The summed E-state index contributed by atoms with van der Waals surface area (Å²) in [5, 5.41) is 25.3. The molecule has 0 unspecified atom stereocenters. The zero-order valence-corrected chi connectivity index (χ0v) is 31.1. The smallest absolute Gasteiger partial charge is 0.335 e. The number of carbonyl (C=O) groups is 5. The van der Waals surface area contributed by atoms with Crippen molar-refractivity contribution in [3.8, 4) is 0 Å². The van der Waals surface area contributed by atoms with E-state index in [0.717, 1.165) is 16.7 Å². The van der Waals surface area contributed by atoms with Gasteiger partial charge in [-0.05, 0) is 84.2 Å². The average molecular weight is 789 g/mol. The highest BCUT2D eigenvalue weighted by Crippen LogP contribution is 2.45. The maximum Gasteiger partial charge on any atom is 0.335 e. The third-order valence-electron chi connectivity index (χ3n) is 10.5. The van der Waals surface area contributed by atoms with Gasteiger partial charge >= 0.3 is 11.9 Å². The number of amides is 3. The average Bonchev–Trinajstić information content (AvgIpc) is 3.68. The van der Waals surface area contributed by atoms with Crippen molar-refractivity contribution < 1.29 is 43.4 Å². The van der Waals surface area contributed by atoms with E-state index in [1.54, 1.807) is 18.2 Å². The maximum absolute atomic E-state index is 14.9. The quantitative estimate of drug-likeness (QED) is 0.150. The molecule has 6 rings (SSSR count). The number of carboxylic acids is 2. The van der Waals surface area contributed by atoms with Gasteiger partial charge in [0.25, 0.3) is 11.8 Å². The number of carbonyl (C=O) groups excluding carboxylic acids is 3. The van der Waals surface area contributed by atoms with E-state index in [1.165, 1.54) is 41.3 Å². The van der Waals surface area contributed by atoms with Crippen LogP contribution in [0.3, 0.4) is 0 Å². The van der Waals surface area contributed by atoms with Gasteiger partial charge in [0.05, 0.1) is 22.8 Å². The molecule has 294 valence electrons. The van der Waals surface area contributed by atoms with Gasteiger partial charge < -0.3 is 36.7 Å². The summed E-state index contributed by atoms with van der Waals surface area (Å²) in [5.74, 6) is -4.55. The molecular weight excluding hydrogens is 747 g/mol. The highest BCUT2D eigenvalue weighted by atomic mass is 35.5. The molecule has 3 heterocycles. The van der Waals surface area contributed by atoms with E-state index >= 15 is 0 Å². The third kappa shape index (κ3) is 8.01. The molecule has 3 aromatic carbocycles. The molecule has 0 aliphatic carbocycles. The first-order valence-corrected chi connectivity index (χ1v) is 18.6. The van der Waals surface area contributed by atoms with Gasteiger partial charge in [-0.25, -0.2) is 9.18 Å². The van der Waals surface area contributed by atoms with Crippen LogP contribution >= 0.6 is 11.6 Å². The molecule has 56 heavy (non-hydrogen) atoms. The van der Waals surface area contributed by atoms with E-state index in [4.69, 9.17) is 33.0 Å². The second kappa shape index (κ2) is 17.0. The van der Waals surface area contributed by atoms with E-state index in [2.05, 4.69) is 10.5 Å². The Balaban J connectivity index is 1.25. The summed E-state index contributed by atoms with van der Waals surface area (Å²) in [6, 6.07) is 14.6. The Morgan fingerprint density at radius 2 is 1.73 bits per heavy atom. The topological polar surface area (TPSA) is 218 Å². The third-order valence-corrected chi connectivity index (χ3v) is 10.8. The molecule has 14 nitrogen and oxygen atoms in total. The van der Waals surface area contributed by atoms with Gasteiger partial charge in [0.15, 0.2) is 11.4 Å². The molecule has 0 fully saturated rings. The summed E-state index contributed by atoms with van der Waals surface area (Å²) in [4.78, 5) is 72.8. The molecule has 0 saturated carbocycles. The summed E-state index contributed by atoms with van der Waals surface area (Å²) < 4.78 is 14.9. The number of unbranched alkanes of at least 4 members (excludes halogenated alkanes) is 1. The largest absolute Gasteiger partial charge is 0.480 e. The molecular formula is C40H42ClFN6O8. The minimum atomic E-state index is -1.89. The number of hydrogen-bond donors (Lipinski definition) is 5. The summed E-state index contributed by atoms with van der Waals surface area (Å²) in [5.41, 5.74) is 13.6. The van der Waals surface area contributed by atoms with Gasteiger partial charge in [0.1, 0.15) is 6.04 Å². The van der Waals surface area contributed by atoms with Gasteiger partial charge in [-0.1, -0.05) is 59.2 Å². The molecule has 16 heteroatoms. The molecule has 0 radical (unpaired) electrons. The van der Waals surface area contributed by atoms with Crippen molar-refractivity contribution in [1.29, 1.82) is 0 Å². The number of carboxylic acid groups (broad SMARTS) is 2. The van der Waals surface area contributed by atoms with Gasteiger partial charge in [-0.3, -0.25) is 24.1 Å². The predicted molar refractivity (Wildman–Crippen MR) is 204 cm³/mol. The van der Waals surface area contributed by atoms with E-state index in [1.807, 2.05) is 17.0 Å². The van der Waals surface area contributed by atoms with Gasteiger partial charge in [-0.2, -0.15) is 0 Å². The Morgan fingerprint density at radius 3 is 2.41 bits per heavy atom. The molecule has 0 spiro atoms. The number of hydrogen-bond acceptors (Lipinski definition) is 9. The van der Waals surface area contributed by atoms with Gasteiger partial charge in [-0.15, -0.1) is 0 Å². The molecule has 0 aromatic heterocycles. The Morgan fingerprint density at radius 1 is 1.00 bits per heavy atom.